The minimum absolute atomic E-state index is 0.177. The van der Waals surface area contributed by atoms with Crippen molar-refractivity contribution in [1.82, 2.24) is 20.3 Å². The lowest BCUT2D eigenvalue weighted by molar-refractivity contribution is 0.126. The van der Waals surface area contributed by atoms with Gasteiger partial charge in [-0.1, -0.05) is 47.1 Å². The molecule has 4 N–H and O–H groups in total. The Labute approximate surface area is 204 Å². The van der Waals surface area contributed by atoms with Crippen molar-refractivity contribution in [1.29, 1.82) is 0 Å². The second-order valence-corrected chi connectivity index (χ2v) is 11.2. The van der Waals surface area contributed by atoms with Crippen molar-refractivity contribution in [2.75, 3.05) is 17.2 Å². The zero-order valence-corrected chi connectivity index (χ0v) is 21.5. The predicted molar refractivity (Wildman–Crippen MR) is 139 cm³/mol. The van der Waals surface area contributed by atoms with Crippen LogP contribution in [0, 0.1) is 10.8 Å². The van der Waals surface area contributed by atoms with Gasteiger partial charge in [-0.05, 0) is 54.6 Å². The molecule has 0 unspecified atom stereocenters. The van der Waals surface area contributed by atoms with Gasteiger partial charge >= 0.3 is 0 Å². The van der Waals surface area contributed by atoms with Gasteiger partial charge in [0, 0.05) is 37.6 Å². The van der Waals surface area contributed by atoms with Crippen molar-refractivity contribution >= 4 is 11.8 Å². The van der Waals surface area contributed by atoms with Crippen molar-refractivity contribution in [3.8, 4) is 11.3 Å². The van der Waals surface area contributed by atoms with Gasteiger partial charge in [-0.2, -0.15) is 4.98 Å². The highest BCUT2D eigenvalue weighted by Gasteiger charge is 2.64. The molecule has 0 amide bonds. The van der Waals surface area contributed by atoms with Crippen LogP contribution in [-0.4, -0.2) is 44.8 Å². The number of hydrogen-bond donors (Lipinski definition) is 4. The SMILES string of the molecule is CCCCNc1ncc(-c2ccc(CNC3C(C)(C)C3(C)C)cn2)c(NC2CCC(O)CC2)n1. The molecule has 0 aliphatic heterocycles. The van der Waals surface area contributed by atoms with Crippen molar-refractivity contribution < 1.29 is 5.11 Å². The number of rotatable bonds is 10. The first-order valence-electron chi connectivity index (χ1n) is 13.0. The van der Waals surface area contributed by atoms with Crippen LogP contribution in [0.3, 0.4) is 0 Å². The Morgan fingerprint density at radius 1 is 1.00 bits per heavy atom. The maximum atomic E-state index is 9.88. The van der Waals surface area contributed by atoms with Gasteiger partial charge in [0.05, 0.1) is 17.4 Å². The van der Waals surface area contributed by atoms with Gasteiger partial charge in [0.15, 0.2) is 0 Å². The average Bonchev–Trinajstić information content (AvgIpc) is 3.21. The normalized spacial score (nSPS) is 23.5. The van der Waals surface area contributed by atoms with Crippen LogP contribution in [0.1, 0.15) is 78.7 Å². The lowest BCUT2D eigenvalue weighted by atomic mass is 9.93. The molecule has 34 heavy (non-hydrogen) atoms. The summed E-state index contributed by atoms with van der Waals surface area (Å²) in [6, 6.07) is 5.03. The fourth-order valence-corrected chi connectivity index (χ4v) is 5.17. The lowest BCUT2D eigenvalue weighted by Crippen LogP contribution is -2.29. The van der Waals surface area contributed by atoms with E-state index in [4.69, 9.17) is 9.97 Å². The quantitative estimate of drug-likeness (QED) is 0.366. The smallest absolute Gasteiger partial charge is 0.224 e. The summed E-state index contributed by atoms with van der Waals surface area (Å²) in [5, 5.41) is 20.5. The van der Waals surface area contributed by atoms with E-state index in [0.29, 0.717) is 28.9 Å². The molecule has 2 aliphatic rings. The Morgan fingerprint density at radius 3 is 2.35 bits per heavy atom. The number of unbranched alkanes of at least 4 members (excludes halogenated alkanes) is 1. The molecule has 2 aromatic rings. The third-order valence-corrected chi connectivity index (χ3v) is 8.27. The first-order valence-corrected chi connectivity index (χ1v) is 13.0. The van der Waals surface area contributed by atoms with Gasteiger partial charge in [0.25, 0.3) is 0 Å². The Morgan fingerprint density at radius 2 is 1.74 bits per heavy atom. The van der Waals surface area contributed by atoms with Crippen LogP contribution in [-0.2, 0) is 6.54 Å². The predicted octanol–water partition coefficient (Wildman–Crippen LogP) is 4.99. The van der Waals surface area contributed by atoms with Crippen molar-refractivity contribution in [3.05, 3.63) is 30.1 Å². The molecule has 2 fully saturated rings. The van der Waals surface area contributed by atoms with Crippen LogP contribution in [0.2, 0.25) is 0 Å². The molecule has 2 aliphatic carbocycles. The summed E-state index contributed by atoms with van der Waals surface area (Å²) < 4.78 is 0. The summed E-state index contributed by atoms with van der Waals surface area (Å²) in [6.07, 6.45) is 9.40. The molecule has 0 bridgehead atoms. The van der Waals surface area contributed by atoms with Gasteiger partial charge in [-0.3, -0.25) is 4.98 Å². The van der Waals surface area contributed by atoms with Crippen LogP contribution in [0.25, 0.3) is 11.3 Å². The van der Waals surface area contributed by atoms with Crippen LogP contribution in [0.4, 0.5) is 11.8 Å². The average molecular weight is 467 g/mol. The standard InChI is InChI=1S/C27H42N6O/c1-6-7-14-28-25-31-17-21(23(33-25)32-19-9-11-20(34)12-10-19)22-13-8-18(15-29-22)16-30-24-26(2,3)27(24,4)5/h8,13,15,17,19-20,24,30,34H,6-7,9-12,14,16H2,1-5H3,(H2,28,31,32,33). The number of pyridine rings is 1. The number of aliphatic hydroxyl groups excluding tert-OH is 1. The Kier molecular flexibility index (Phi) is 7.43. The van der Waals surface area contributed by atoms with Crippen LogP contribution < -0.4 is 16.0 Å². The number of nitrogens with one attached hydrogen (secondary N) is 3. The van der Waals surface area contributed by atoms with Crippen LogP contribution in [0.5, 0.6) is 0 Å². The molecule has 0 aromatic carbocycles. The molecule has 0 saturated heterocycles. The van der Waals surface area contributed by atoms with Gasteiger partial charge in [-0.25, -0.2) is 4.98 Å². The van der Waals surface area contributed by atoms with Crippen LogP contribution >= 0.6 is 0 Å². The number of hydrogen-bond acceptors (Lipinski definition) is 7. The number of nitrogens with zero attached hydrogens (tertiary/aromatic N) is 3. The fourth-order valence-electron chi connectivity index (χ4n) is 5.17. The summed E-state index contributed by atoms with van der Waals surface area (Å²) >= 11 is 0. The summed E-state index contributed by atoms with van der Waals surface area (Å²) in [5.74, 6) is 1.46. The lowest BCUT2D eigenvalue weighted by Gasteiger charge is -2.27. The summed E-state index contributed by atoms with van der Waals surface area (Å²) in [6.45, 7) is 13.2. The minimum Gasteiger partial charge on any atom is -0.393 e. The number of aliphatic hydroxyl groups is 1. The van der Waals surface area contributed by atoms with E-state index in [9.17, 15) is 5.11 Å². The topological polar surface area (TPSA) is 95.0 Å². The molecule has 186 valence electrons. The molecule has 2 heterocycles. The van der Waals surface area contributed by atoms with Gasteiger partial charge in [-0.15, -0.1) is 0 Å². The highest BCUT2D eigenvalue weighted by Crippen LogP contribution is 2.62. The first-order chi connectivity index (χ1) is 16.2. The molecule has 4 rings (SSSR count). The Bertz CT molecular complexity index is 936. The Balaban J connectivity index is 1.47. The highest BCUT2D eigenvalue weighted by atomic mass is 16.3. The minimum atomic E-state index is -0.177. The summed E-state index contributed by atoms with van der Waals surface area (Å²) in [7, 11) is 0. The fraction of sp³-hybridized carbons (Fsp3) is 0.667. The van der Waals surface area contributed by atoms with E-state index < -0.39 is 0 Å². The second-order valence-electron chi connectivity index (χ2n) is 11.2. The maximum Gasteiger partial charge on any atom is 0.224 e. The van der Waals surface area contributed by atoms with Crippen molar-refractivity contribution in [2.24, 2.45) is 10.8 Å². The van der Waals surface area contributed by atoms with E-state index >= 15 is 0 Å². The first kappa shape index (κ1) is 24.9. The van der Waals surface area contributed by atoms with Crippen molar-refractivity contribution in [2.45, 2.75) is 97.9 Å². The van der Waals surface area contributed by atoms with E-state index in [1.54, 1.807) is 0 Å². The summed E-state index contributed by atoms with van der Waals surface area (Å²) in [4.78, 5) is 14.1. The molecule has 7 heteroatoms. The molecular weight excluding hydrogens is 424 g/mol. The third kappa shape index (κ3) is 5.36. The third-order valence-electron chi connectivity index (χ3n) is 8.27. The van der Waals surface area contributed by atoms with Gasteiger partial charge in [0.2, 0.25) is 5.95 Å². The van der Waals surface area contributed by atoms with E-state index in [1.165, 1.54) is 5.56 Å². The molecule has 0 spiro atoms. The molecule has 2 saturated carbocycles. The zero-order chi connectivity index (χ0) is 24.3. The molecule has 7 nitrogen and oxygen atoms in total. The van der Waals surface area contributed by atoms with E-state index in [0.717, 1.165) is 68.7 Å². The molecule has 0 atom stereocenters. The molecule has 2 aromatic heterocycles. The van der Waals surface area contributed by atoms with Gasteiger partial charge in [0.1, 0.15) is 5.82 Å². The van der Waals surface area contributed by atoms with E-state index in [-0.39, 0.29) is 6.10 Å². The van der Waals surface area contributed by atoms with Gasteiger partial charge < -0.3 is 21.1 Å². The maximum absolute atomic E-state index is 9.88. The number of aromatic nitrogens is 3. The number of anilines is 2. The highest BCUT2D eigenvalue weighted by molar-refractivity contribution is 5.73. The molecule has 0 radical (unpaired) electrons. The van der Waals surface area contributed by atoms with Crippen molar-refractivity contribution in [3.63, 3.8) is 0 Å². The van der Waals surface area contributed by atoms with E-state index in [1.807, 2.05) is 12.4 Å². The van der Waals surface area contributed by atoms with Crippen LogP contribution in [0.15, 0.2) is 24.5 Å². The zero-order valence-electron chi connectivity index (χ0n) is 21.5. The molecular formula is C27H42N6O. The second kappa shape index (κ2) is 10.2. The Hall–Kier alpha value is -2.25. The monoisotopic (exact) mass is 466 g/mol. The summed E-state index contributed by atoms with van der Waals surface area (Å²) in [5.41, 5.74) is 3.60. The largest absolute Gasteiger partial charge is 0.393 e. The van der Waals surface area contributed by atoms with E-state index in [2.05, 4.69) is 67.7 Å².